The zero-order valence-corrected chi connectivity index (χ0v) is 17.7. The van der Waals surface area contributed by atoms with Crippen LogP contribution >= 0.6 is 0 Å². The number of aromatic amines is 1. The fourth-order valence-corrected chi connectivity index (χ4v) is 3.07. The highest BCUT2D eigenvalue weighted by atomic mass is 19.1. The van der Waals surface area contributed by atoms with E-state index in [1.165, 1.54) is 57.0 Å². The second-order valence-corrected chi connectivity index (χ2v) is 6.81. The highest BCUT2D eigenvalue weighted by Gasteiger charge is 2.24. The van der Waals surface area contributed by atoms with Crippen LogP contribution in [0.25, 0.3) is 5.57 Å². The summed E-state index contributed by atoms with van der Waals surface area (Å²) in [7, 11) is 2.89. The van der Waals surface area contributed by atoms with Crippen LogP contribution in [0.15, 0.2) is 77.3 Å². The summed E-state index contributed by atoms with van der Waals surface area (Å²) in [5, 5.41) is 2.71. The number of ether oxygens (including phenoxy) is 2. The van der Waals surface area contributed by atoms with Gasteiger partial charge in [-0.1, -0.05) is 18.7 Å². The molecule has 2 aromatic heterocycles. The number of hydrogen-bond acceptors (Lipinski definition) is 5. The van der Waals surface area contributed by atoms with Crippen LogP contribution in [0, 0.1) is 5.82 Å². The zero-order valence-electron chi connectivity index (χ0n) is 17.7. The first-order valence-corrected chi connectivity index (χ1v) is 9.69. The fraction of sp³-hybridized carbons (Fsp3) is 0.167. The maximum atomic E-state index is 13.4. The van der Waals surface area contributed by atoms with Crippen LogP contribution in [0.2, 0.25) is 0 Å². The number of Topliss-reactive ketones (excluding diaryl/α,β-unsaturated/α-hetero) is 1. The lowest BCUT2D eigenvalue weighted by atomic mass is 9.92. The number of benzene rings is 1. The molecule has 2 N–H and O–H groups in total. The first kappa shape index (κ1) is 22.8. The van der Waals surface area contributed by atoms with Crippen molar-refractivity contribution in [2.24, 2.45) is 0 Å². The molecule has 0 bridgehead atoms. The highest BCUT2D eigenvalue weighted by Crippen LogP contribution is 2.28. The van der Waals surface area contributed by atoms with E-state index in [0.29, 0.717) is 16.9 Å². The van der Waals surface area contributed by atoms with E-state index in [2.05, 4.69) is 16.9 Å². The number of ketones is 1. The number of nitrogens with one attached hydrogen (secondary N) is 2. The van der Waals surface area contributed by atoms with E-state index >= 15 is 0 Å². The van der Waals surface area contributed by atoms with Crippen molar-refractivity contribution in [3.8, 4) is 0 Å². The van der Waals surface area contributed by atoms with Crippen LogP contribution in [0.3, 0.4) is 0 Å². The number of carbonyl (C=O) groups excluding carboxylic acids is 2. The summed E-state index contributed by atoms with van der Waals surface area (Å²) < 4.78 is 29.1. The molecule has 0 aliphatic carbocycles. The zero-order chi connectivity index (χ0) is 23.1. The SMILES string of the molecule is C=C(/C(C(=O)c1c[nH]c(C(=O)NCc2ccco2)c1)=C(/COC)OC)c1ccc(F)cc1. The van der Waals surface area contributed by atoms with Crippen molar-refractivity contribution in [1.82, 2.24) is 10.3 Å². The number of H-pyrrole nitrogens is 1. The Balaban J connectivity index is 1.87. The average Bonchev–Trinajstić information content (AvgIpc) is 3.49. The lowest BCUT2D eigenvalue weighted by Gasteiger charge is -2.15. The Hall–Kier alpha value is -3.91. The van der Waals surface area contributed by atoms with Gasteiger partial charge in [0.05, 0.1) is 25.5 Å². The third-order valence-electron chi connectivity index (χ3n) is 4.72. The number of hydrogen-bond donors (Lipinski definition) is 2. The van der Waals surface area contributed by atoms with E-state index in [-0.39, 0.29) is 35.7 Å². The van der Waals surface area contributed by atoms with Gasteiger partial charge in [0.15, 0.2) is 5.78 Å². The number of amides is 1. The number of rotatable bonds is 10. The molecule has 2 heterocycles. The minimum absolute atomic E-state index is 0.0265. The van der Waals surface area contributed by atoms with Gasteiger partial charge in [-0.3, -0.25) is 9.59 Å². The van der Waals surface area contributed by atoms with Crippen LogP contribution in [0.4, 0.5) is 4.39 Å². The summed E-state index contributed by atoms with van der Waals surface area (Å²) in [5.74, 6) is -0.358. The van der Waals surface area contributed by atoms with Gasteiger partial charge < -0.3 is 24.2 Å². The number of carbonyl (C=O) groups is 2. The minimum atomic E-state index is -0.422. The highest BCUT2D eigenvalue weighted by molar-refractivity contribution is 6.19. The van der Waals surface area contributed by atoms with Crippen molar-refractivity contribution >= 4 is 17.3 Å². The Morgan fingerprint density at radius 2 is 1.91 bits per heavy atom. The normalized spacial score (nSPS) is 11.6. The summed E-state index contributed by atoms with van der Waals surface area (Å²) in [6, 6.07) is 10.5. The summed E-state index contributed by atoms with van der Waals surface area (Å²) in [6.45, 7) is 4.25. The predicted octanol–water partition coefficient (Wildman–Crippen LogP) is 4.12. The second-order valence-electron chi connectivity index (χ2n) is 6.81. The van der Waals surface area contributed by atoms with Gasteiger partial charge >= 0.3 is 0 Å². The molecule has 7 nitrogen and oxygen atoms in total. The van der Waals surface area contributed by atoms with Crippen LogP contribution < -0.4 is 5.32 Å². The van der Waals surface area contributed by atoms with E-state index in [4.69, 9.17) is 13.9 Å². The van der Waals surface area contributed by atoms with Crippen LogP contribution in [-0.4, -0.2) is 37.5 Å². The molecule has 8 heteroatoms. The molecular weight excluding hydrogens is 415 g/mol. The molecule has 0 radical (unpaired) electrons. The molecule has 166 valence electrons. The molecule has 0 fully saturated rings. The van der Waals surface area contributed by atoms with Crippen molar-refractivity contribution < 1.29 is 27.9 Å². The molecule has 0 unspecified atom stereocenters. The summed E-state index contributed by atoms with van der Waals surface area (Å²) in [4.78, 5) is 28.6. The summed E-state index contributed by atoms with van der Waals surface area (Å²) in [5.41, 5.74) is 1.50. The predicted molar refractivity (Wildman–Crippen MR) is 116 cm³/mol. The van der Waals surface area contributed by atoms with E-state index in [9.17, 15) is 14.0 Å². The molecule has 3 aromatic rings. The Labute approximate surface area is 184 Å². The Bertz CT molecular complexity index is 1130. The molecule has 0 atom stereocenters. The maximum Gasteiger partial charge on any atom is 0.268 e. The van der Waals surface area contributed by atoms with Crippen molar-refractivity contribution in [3.05, 3.63) is 101 Å². The van der Waals surface area contributed by atoms with Crippen molar-refractivity contribution in [2.45, 2.75) is 6.54 Å². The Kier molecular flexibility index (Phi) is 7.41. The number of aromatic nitrogens is 1. The molecule has 1 aromatic carbocycles. The monoisotopic (exact) mass is 438 g/mol. The van der Waals surface area contributed by atoms with Crippen LogP contribution in [0.5, 0.6) is 0 Å². The van der Waals surface area contributed by atoms with Gasteiger partial charge in [0.25, 0.3) is 5.91 Å². The molecule has 0 aliphatic heterocycles. The standard InChI is InChI=1S/C24H23FN2O5/c1-15(16-6-8-18(25)9-7-16)22(21(31-3)14-30-2)23(28)17-11-20(26-12-17)24(29)27-13-19-5-4-10-32-19/h4-12,26H,1,13-14H2,2-3H3,(H,27,29)/b22-21+. The van der Waals surface area contributed by atoms with Gasteiger partial charge in [0.1, 0.15) is 29.6 Å². The maximum absolute atomic E-state index is 13.4. The average molecular weight is 438 g/mol. The van der Waals surface area contributed by atoms with Gasteiger partial charge in [-0.2, -0.15) is 0 Å². The molecule has 0 spiro atoms. The largest absolute Gasteiger partial charge is 0.498 e. The van der Waals surface area contributed by atoms with Gasteiger partial charge in [-0.15, -0.1) is 0 Å². The summed E-state index contributed by atoms with van der Waals surface area (Å²) >= 11 is 0. The number of allylic oxidation sites excluding steroid dienone is 2. The third-order valence-corrected chi connectivity index (χ3v) is 4.72. The fourth-order valence-electron chi connectivity index (χ4n) is 3.07. The molecule has 3 rings (SSSR count). The Morgan fingerprint density at radius 3 is 2.53 bits per heavy atom. The lowest BCUT2D eigenvalue weighted by Crippen LogP contribution is -2.22. The van der Waals surface area contributed by atoms with Gasteiger partial charge in [0, 0.05) is 18.9 Å². The van der Waals surface area contributed by atoms with Crippen molar-refractivity contribution in [1.29, 1.82) is 0 Å². The second kappa shape index (κ2) is 10.4. The lowest BCUT2D eigenvalue weighted by molar-refractivity contribution is 0.0943. The van der Waals surface area contributed by atoms with Crippen molar-refractivity contribution in [2.75, 3.05) is 20.8 Å². The van der Waals surface area contributed by atoms with Crippen molar-refractivity contribution in [3.63, 3.8) is 0 Å². The van der Waals surface area contributed by atoms with Gasteiger partial charge in [-0.05, 0) is 41.5 Å². The molecule has 0 aliphatic rings. The van der Waals surface area contributed by atoms with E-state index in [1.807, 2.05) is 0 Å². The van der Waals surface area contributed by atoms with E-state index < -0.39 is 17.5 Å². The number of methoxy groups -OCH3 is 2. The molecule has 0 saturated carbocycles. The first-order valence-electron chi connectivity index (χ1n) is 9.69. The van der Waals surface area contributed by atoms with Crippen LogP contribution in [-0.2, 0) is 16.0 Å². The minimum Gasteiger partial charge on any atom is -0.498 e. The Morgan fingerprint density at radius 1 is 1.16 bits per heavy atom. The topological polar surface area (TPSA) is 93.6 Å². The number of furan rings is 1. The molecular formula is C24H23FN2O5. The number of halogens is 1. The van der Waals surface area contributed by atoms with Crippen LogP contribution in [0.1, 0.15) is 32.2 Å². The van der Waals surface area contributed by atoms with E-state index in [1.54, 1.807) is 12.1 Å². The molecule has 32 heavy (non-hydrogen) atoms. The first-order chi connectivity index (χ1) is 15.4. The third kappa shape index (κ3) is 5.22. The molecule has 0 saturated heterocycles. The summed E-state index contributed by atoms with van der Waals surface area (Å²) in [6.07, 6.45) is 2.95. The van der Waals surface area contributed by atoms with Gasteiger partial charge in [-0.25, -0.2) is 4.39 Å². The van der Waals surface area contributed by atoms with E-state index in [0.717, 1.165) is 0 Å². The smallest absolute Gasteiger partial charge is 0.268 e. The quantitative estimate of drug-likeness (QED) is 0.215. The van der Waals surface area contributed by atoms with Gasteiger partial charge in [0.2, 0.25) is 0 Å². The molecule has 1 amide bonds.